The molecule has 0 amide bonds. The van der Waals surface area contributed by atoms with Crippen LogP contribution in [0.1, 0.15) is 34.6 Å². The average molecular weight is 195 g/mol. The van der Waals surface area contributed by atoms with Crippen molar-refractivity contribution in [1.29, 1.82) is 0 Å². The van der Waals surface area contributed by atoms with Crippen LogP contribution in [0.3, 0.4) is 0 Å². The summed E-state index contributed by atoms with van der Waals surface area (Å²) >= 11 is 0. The van der Waals surface area contributed by atoms with Crippen LogP contribution >= 0.6 is 0 Å². The van der Waals surface area contributed by atoms with E-state index in [9.17, 15) is 0 Å². The summed E-state index contributed by atoms with van der Waals surface area (Å²) in [5.74, 6) is 1.21. The fraction of sp³-hybridized carbons (Fsp3) is 0.692. The van der Waals surface area contributed by atoms with E-state index in [4.69, 9.17) is 0 Å². The van der Waals surface area contributed by atoms with Gasteiger partial charge in [-0.25, -0.2) is 0 Å². The number of hydrogen-bond acceptors (Lipinski definition) is 1. The minimum Gasteiger partial charge on any atom is -0.313 e. The maximum absolute atomic E-state index is 4.07. The standard InChI is InChI=1S/C13H25N/c1-7-8-11(4)12(5)13(6)14-9-10(2)3/h7-8,10,12-14H,4,9H2,1-3,5-6H3/b8-7-. The van der Waals surface area contributed by atoms with Crippen molar-refractivity contribution in [1.82, 2.24) is 5.32 Å². The molecule has 0 aliphatic rings. The van der Waals surface area contributed by atoms with Crippen LogP contribution in [0.4, 0.5) is 0 Å². The van der Waals surface area contributed by atoms with Crippen molar-refractivity contribution in [3.63, 3.8) is 0 Å². The first-order valence-corrected chi connectivity index (χ1v) is 5.53. The molecule has 1 N–H and O–H groups in total. The molecule has 0 rings (SSSR count). The molecule has 0 aliphatic heterocycles. The van der Waals surface area contributed by atoms with Crippen molar-refractivity contribution in [2.75, 3.05) is 6.54 Å². The molecular formula is C13H25N. The summed E-state index contributed by atoms with van der Waals surface area (Å²) in [7, 11) is 0. The Balaban J connectivity index is 3.98. The van der Waals surface area contributed by atoms with Gasteiger partial charge in [0.2, 0.25) is 0 Å². The van der Waals surface area contributed by atoms with E-state index in [0.29, 0.717) is 17.9 Å². The predicted molar refractivity (Wildman–Crippen MR) is 65.4 cm³/mol. The second-order valence-electron chi connectivity index (χ2n) is 4.45. The molecule has 0 heterocycles. The van der Waals surface area contributed by atoms with Gasteiger partial charge in [0.15, 0.2) is 0 Å². The van der Waals surface area contributed by atoms with Crippen LogP contribution in [0.2, 0.25) is 0 Å². The molecule has 0 saturated carbocycles. The number of allylic oxidation sites excluding steroid dienone is 2. The summed E-state index contributed by atoms with van der Waals surface area (Å²) < 4.78 is 0. The Morgan fingerprint density at radius 3 is 2.29 bits per heavy atom. The van der Waals surface area contributed by atoms with Gasteiger partial charge in [-0.05, 0) is 32.2 Å². The largest absolute Gasteiger partial charge is 0.313 e. The summed E-state index contributed by atoms with van der Waals surface area (Å²) in [5.41, 5.74) is 1.20. The molecular weight excluding hydrogens is 170 g/mol. The lowest BCUT2D eigenvalue weighted by molar-refractivity contribution is 0.418. The second kappa shape index (κ2) is 6.83. The van der Waals surface area contributed by atoms with Crippen LogP contribution in [0.15, 0.2) is 24.3 Å². The molecule has 2 atom stereocenters. The molecule has 0 aromatic carbocycles. The van der Waals surface area contributed by atoms with Crippen LogP contribution < -0.4 is 5.32 Å². The monoisotopic (exact) mass is 195 g/mol. The number of rotatable bonds is 6. The van der Waals surface area contributed by atoms with E-state index in [1.54, 1.807) is 0 Å². The van der Waals surface area contributed by atoms with Gasteiger partial charge in [-0.3, -0.25) is 0 Å². The highest BCUT2D eigenvalue weighted by Gasteiger charge is 2.12. The topological polar surface area (TPSA) is 12.0 Å². The third-order valence-electron chi connectivity index (χ3n) is 2.56. The van der Waals surface area contributed by atoms with Crippen molar-refractivity contribution >= 4 is 0 Å². The molecule has 0 saturated heterocycles. The van der Waals surface area contributed by atoms with E-state index in [1.165, 1.54) is 5.57 Å². The van der Waals surface area contributed by atoms with E-state index in [2.05, 4.69) is 45.7 Å². The zero-order chi connectivity index (χ0) is 11.1. The molecule has 0 aliphatic carbocycles. The van der Waals surface area contributed by atoms with E-state index in [1.807, 2.05) is 13.0 Å². The highest BCUT2D eigenvalue weighted by molar-refractivity contribution is 5.18. The molecule has 0 fully saturated rings. The smallest absolute Gasteiger partial charge is 0.0105 e. The van der Waals surface area contributed by atoms with Gasteiger partial charge in [-0.15, -0.1) is 0 Å². The van der Waals surface area contributed by atoms with Crippen LogP contribution in [0, 0.1) is 11.8 Å². The minimum absolute atomic E-state index is 0.501. The summed E-state index contributed by atoms with van der Waals surface area (Å²) in [5, 5.41) is 3.53. The maximum atomic E-state index is 4.07. The van der Waals surface area contributed by atoms with E-state index in [0.717, 1.165) is 6.54 Å². The Morgan fingerprint density at radius 1 is 1.29 bits per heavy atom. The molecule has 1 heteroatoms. The molecule has 0 bridgehead atoms. The fourth-order valence-electron chi connectivity index (χ4n) is 1.29. The molecule has 14 heavy (non-hydrogen) atoms. The zero-order valence-corrected chi connectivity index (χ0v) is 10.3. The van der Waals surface area contributed by atoms with E-state index < -0.39 is 0 Å². The van der Waals surface area contributed by atoms with Crippen molar-refractivity contribution < 1.29 is 0 Å². The Morgan fingerprint density at radius 2 is 1.86 bits per heavy atom. The molecule has 1 nitrogen and oxygen atoms in total. The summed E-state index contributed by atoms with van der Waals surface area (Å²) in [6.45, 7) is 16.1. The van der Waals surface area contributed by atoms with E-state index >= 15 is 0 Å². The Hall–Kier alpha value is -0.560. The van der Waals surface area contributed by atoms with Gasteiger partial charge in [-0.1, -0.05) is 45.1 Å². The molecule has 82 valence electrons. The summed E-state index contributed by atoms with van der Waals surface area (Å²) in [4.78, 5) is 0. The lowest BCUT2D eigenvalue weighted by Gasteiger charge is -2.22. The van der Waals surface area contributed by atoms with Crippen LogP contribution in [-0.4, -0.2) is 12.6 Å². The highest BCUT2D eigenvalue weighted by Crippen LogP contribution is 2.14. The summed E-state index contributed by atoms with van der Waals surface area (Å²) in [6, 6.07) is 0.501. The van der Waals surface area contributed by atoms with E-state index in [-0.39, 0.29) is 0 Å². The van der Waals surface area contributed by atoms with Gasteiger partial charge in [0, 0.05) is 6.04 Å². The highest BCUT2D eigenvalue weighted by atomic mass is 14.9. The van der Waals surface area contributed by atoms with Gasteiger partial charge in [0.1, 0.15) is 0 Å². The minimum atomic E-state index is 0.501. The summed E-state index contributed by atoms with van der Waals surface area (Å²) in [6.07, 6.45) is 4.15. The van der Waals surface area contributed by atoms with Crippen LogP contribution in [-0.2, 0) is 0 Å². The molecule has 0 aromatic heterocycles. The Kier molecular flexibility index (Phi) is 6.56. The van der Waals surface area contributed by atoms with Crippen molar-refractivity contribution in [2.45, 2.75) is 40.7 Å². The molecule has 0 spiro atoms. The first-order chi connectivity index (χ1) is 6.49. The predicted octanol–water partition coefficient (Wildman–Crippen LogP) is 3.39. The first-order valence-electron chi connectivity index (χ1n) is 5.53. The molecule has 0 aromatic rings. The van der Waals surface area contributed by atoms with Gasteiger partial charge in [0.25, 0.3) is 0 Å². The SMILES string of the molecule is C=C(/C=C\C)C(C)C(C)NCC(C)C. The number of hydrogen-bond donors (Lipinski definition) is 1. The molecule has 0 radical (unpaired) electrons. The normalized spacial score (nSPS) is 16.1. The zero-order valence-electron chi connectivity index (χ0n) is 10.3. The lowest BCUT2D eigenvalue weighted by Crippen LogP contribution is -2.35. The Labute approximate surface area is 89.3 Å². The third kappa shape index (κ3) is 5.23. The maximum Gasteiger partial charge on any atom is 0.0105 e. The van der Waals surface area contributed by atoms with Crippen molar-refractivity contribution in [3.8, 4) is 0 Å². The number of nitrogens with one attached hydrogen (secondary N) is 1. The average Bonchev–Trinajstić information content (AvgIpc) is 2.13. The van der Waals surface area contributed by atoms with Gasteiger partial charge in [0.05, 0.1) is 0 Å². The quantitative estimate of drug-likeness (QED) is 0.641. The van der Waals surface area contributed by atoms with Crippen LogP contribution in [0.25, 0.3) is 0 Å². The lowest BCUT2D eigenvalue weighted by atomic mass is 9.94. The molecule has 2 unspecified atom stereocenters. The fourth-order valence-corrected chi connectivity index (χ4v) is 1.29. The van der Waals surface area contributed by atoms with Crippen molar-refractivity contribution in [2.24, 2.45) is 11.8 Å². The second-order valence-corrected chi connectivity index (χ2v) is 4.45. The van der Waals surface area contributed by atoms with Gasteiger partial charge >= 0.3 is 0 Å². The van der Waals surface area contributed by atoms with Gasteiger partial charge in [-0.2, -0.15) is 0 Å². The van der Waals surface area contributed by atoms with Gasteiger partial charge < -0.3 is 5.32 Å². The van der Waals surface area contributed by atoms with Crippen LogP contribution in [0.5, 0.6) is 0 Å². The van der Waals surface area contributed by atoms with Crippen molar-refractivity contribution in [3.05, 3.63) is 24.3 Å². The Bertz CT molecular complexity index is 191. The third-order valence-corrected chi connectivity index (χ3v) is 2.56. The first kappa shape index (κ1) is 13.4.